The Morgan fingerprint density at radius 1 is 1.21 bits per heavy atom. The first-order chi connectivity index (χ1) is 6.59. The fourth-order valence-electron chi connectivity index (χ4n) is 0.961. The number of nitrogens with zero attached hydrogens (tertiary/aromatic N) is 3. The highest BCUT2D eigenvalue weighted by Crippen LogP contribution is 2.17. The molecule has 0 aliphatic carbocycles. The van der Waals surface area contributed by atoms with Crippen molar-refractivity contribution >= 4 is 5.69 Å². The van der Waals surface area contributed by atoms with Gasteiger partial charge in [0.15, 0.2) is 0 Å². The molecule has 0 saturated carbocycles. The Balaban J connectivity index is 2.73. The van der Waals surface area contributed by atoms with Crippen molar-refractivity contribution < 1.29 is 5.11 Å². The van der Waals surface area contributed by atoms with E-state index in [1.54, 1.807) is 11.9 Å². The monoisotopic (exact) mass is 193 g/mol. The van der Waals surface area contributed by atoms with E-state index in [4.69, 9.17) is 0 Å². The second-order valence-electron chi connectivity index (χ2n) is 3.30. The third kappa shape index (κ3) is 3.14. The van der Waals surface area contributed by atoms with Crippen LogP contribution in [-0.2, 0) is 0 Å². The summed E-state index contributed by atoms with van der Waals surface area (Å²) < 4.78 is 0. The lowest BCUT2D eigenvalue weighted by atomic mass is 10.1. The van der Waals surface area contributed by atoms with Crippen LogP contribution in [0.5, 0.6) is 0 Å². The summed E-state index contributed by atoms with van der Waals surface area (Å²) in [6.45, 7) is 1.73. The van der Waals surface area contributed by atoms with E-state index < -0.39 is 6.10 Å². The van der Waals surface area contributed by atoms with Gasteiger partial charge >= 0.3 is 0 Å². The average Bonchev–Trinajstić information content (AvgIpc) is 2.15. The smallest absolute Gasteiger partial charge is 0.0874 e. The molecule has 0 spiro atoms. The molecule has 14 heavy (non-hydrogen) atoms. The molecule has 0 amide bonds. The van der Waals surface area contributed by atoms with Gasteiger partial charge in [-0.25, -0.2) is 0 Å². The second-order valence-corrected chi connectivity index (χ2v) is 3.30. The lowest BCUT2D eigenvalue weighted by Gasteiger charge is -2.04. The average molecular weight is 193 g/mol. The normalized spacial score (nSPS) is 13.1. The molecule has 0 aliphatic heterocycles. The van der Waals surface area contributed by atoms with Gasteiger partial charge in [-0.3, -0.25) is 5.01 Å². The van der Waals surface area contributed by atoms with Crippen molar-refractivity contribution in [2.45, 2.75) is 13.0 Å². The Kier molecular flexibility index (Phi) is 3.59. The lowest BCUT2D eigenvalue weighted by Crippen LogP contribution is -1.98. The molecule has 0 unspecified atom stereocenters. The van der Waals surface area contributed by atoms with Crippen LogP contribution in [-0.4, -0.2) is 24.2 Å². The van der Waals surface area contributed by atoms with Gasteiger partial charge in [0.05, 0.1) is 11.8 Å². The minimum atomic E-state index is -0.435. The SMILES string of the molecule is C[C@H](O)c1ccc(N=NN(C)C)cc1. The van der Waals surface area contributed by atoms with Gasteiger partial charge in [-0.05, 0) is 24.6 Å². The highest BCUT2D eigenvalue weighted by molar-refractivity contribution is 5.38. The van der Waals surface area contributed by atoms with Gasteiger partial charge in [-0.1, -0.05) is 17.4 Å². The Morgan fingerprint density at radius 3 is 2.21 bits per heavy atom. The first-order valence-electron chi connectivity index (χ1n) is 4.46. The van der Waals surface area contributed by atoms with Crippen LogP contribution in [0.3, 0.4) is 0 Å². The molecule has 1 aromatic rings. The largest absolute Gasteiger partial charge is 0.389 e. The first-order valence-corrected chi connectivity index (χ1v) is 4.46. The zero-order valence-corrected chi connectivity index (χ0v) is 8.68. The summed E-state index contributed by atoms with van der Waals surface area (Å²) in [5, 5.41) is 18.7. The fraction of sp³-hybridized carbons (Fsp3) is 0.400. The van der Waals surface area contributed by atoms with Crippen LogP contribution in [0.25, 0.3) is 0 Å². The Bertz CT molecular complexity index is 304. The van der Waals surface area contributed by atoms with Crippen LogP contribution in [0.1, 0.15) is 18.6 Å². The van der Waals surface area contributed by atoms with Crippen LogP contribution in [0.2, 0.25) is 0 Å². The third-order valence-corrected chi connectivity index (χ3v) is 1.71. The molecule has 76 valence electrons. The number of aliphatic hydroxyl groups excluding tert-OH is 1. The summed E-state index contributed by atoms with van der Waals surface area (Å²) in [6, 6.07) is 7.34. The van der Waals surface area contributed by atoms with E-state index in [1.807, 2.05) is 38.4 Å². The van der Waals surface area contributed by atoms with Crippen molar-refractivity contribution in [1.29, 1.82) is 0 Å². The maximum absolute atomic E-state index is 9.27. The van der Waals surface area contributed by atoms with Gasteiger partial charge < -0.3 is 5.11 Å². The zero-order valence-electron chi connectivity index (χ0n) is 8.68. The number of rotatable bonds is 3. The third-order valence-electron chi connectivity index (χ3n) is 1.71. The molecular formula is C10H15N3O. The van der Waals surface area contributed by atoms with E-state index in [0.29, 0.717) is 0 Å². The molecule has 0 bridgehead atoms. The summed E-state index contributed by atoms with van der Waals surface area (Å²) in [4.78, 5) is 0. The van der Waals surface area contributed by atoms with E-state index in [-0.39, 0.29) is 0 Å². The molecule has 4 nitrogen and oxygen atoms in total. The molecule has 1 atom stereocenters. The van der Waals surface area contributed by atoms with Crippen molar-refractivity contribution in [2.75, 3.05) is 14.1 Å². The summed E-state index contributed by atoms with van der Waals surface area (Å²) in [5.74, 6) is 0. The predicted molar refractivity (Wildman–Crippen MR) is 55.3 cm³/mol. The standard InChI is InChI=1S/C10H15N3O/c1-8(14)9-4-6-10(7-5-9)11-12-13(2)3/h4-8,14H,1-3H3/t8-/m0/s1. The van der Waals surface area contributed by atoms with Gasteiger partial charge in [0, 0.05) is 14.1 Å². The van der Waals surface area contributed by atoms with Gasteiger partial charge in [-0.2, -0.15) is 0 Å². The van der Waals surface area contributed by atoms with E-state index >= 15 is 0 Å². The zero-order chi connectivity index (χ0) is 10.6. The van der Waals surface area contributed by atoms with E-state index in [0.717, 1.165) is 11.3 Å². The maximum Gasteiger partial charge on any atom is 0.0874 e. The van der Waals surface area contributed by atoms with Gasteiger partial charge in [0.1, 0.15) is 0 Å². The maximum atomic E-state index is 9.27. The highest BCUT2D eigenvalue weighted by atomic mass is 16.3. The molecule has 4 heteroatoms. The lowest BCUT2D eigenvalue weighted by molar-refractivity contribution is 0.199. The molecule has 1 N–H and O–H groups in total. The minimum Gasteiger partial charge on any atom is -0.389 e. The highest BCUT2D eigenvalue weighted by Gasteiger charge is 1.99. The molecule has 0 fully saturated rings. The Hall–Kier alpha value is -1.42. The van der Waals surface area contributed by atoms with Gasteiger partial charge in [0.2, 0.25) is 0 Å². The van der Waals surface area contributed by atoms with E-state index in [2.05, 4.69) is 10.3 Å². The van der Waals surface area contributed by atoms with Crippen molar-refractivity contribution in [2.24, 2.45) is 10.3 Å². The van der Waals surface area contributed by atoms with Crippen molar-refractivity contribution in [1.82, 2.24) is 5.01 Å². The van der Waals surface area contributed by atoms with Crippen LogP contribution in [0.15, 0.2) is 34.6 Å². The van der Waals surface area contributed by atoms with Crippen molar-refractivity contribution in [3.8, 4) is 0 Å². The number of hydrogen-bond acceptors (Lipinski definition) is 3. The van der Waals surface area contributed by atoms with E-state index in [9.17, 15) is 5.11 Å². The molecule has 0 heterocycles. The predicted octanol–water partition coefficient (Wildman–Crippen LogP) is 2.30. The summed E-state index contributed by atoms with van der Waals surface area (Å²) in [6.07, 6.45) is -0.435. The van der Waals surface area contributed by atoms with Crippen LogP contribution < -0.4 is 0 Å². The van der Waals surface area contributed by atoms with Crippen LogP contribution >= 0.6 is 0 Å². The van der Waals surface area contributed by atoms with Gasteiger partial charge in [0.25, 0.3) is 0 Å². The molecule has 0 aromatic heterocycles. The molecular weight excluding hydrogens is 178 g/mol. The topological polar surface area (TPSA) is 48.2 Å². The fourth-order valence-corrected chi connectivity index (χ4v) is 0.961. The molecule has 1 aromatic carbocycles. The Labute approximate surface area is 83.9 Å². The van der Waals surface area contributed by atoms with Gasteiger partial charge in [-0.15, -0.1) is 5.11 Å². The van der Waals surface area contributed by atoms with Crippen LogP contribution in [0, 0.1) is 0 Å². The molecule has 1 rings (SSSR count). The second kappa shape index (κ2) is 4.72. The van der Waals surface area contributed by atoms with Crippen molar-refractivity contribution in [3.63, 3.8) is 0 Å². The molecule has 0 aliphatic rings. The van der Waals surface area contributed by atoms with E-state index in [1.165, 1.54) is 0 Å². The minimum absolute atomic E-state index is 0.435. The quantitative estimate of drug-likeness (QED) is 0.591. The summed E-state index contributed by atoms with van der Waals surface area (Å²) in [7, 11) is 3.63. The number of hydrogen-bond donors (Lipinski definition) is 1. The van der Waals surface area contributed by atoms with Crippen LogP contribution in [0.4, 0.5) is 5.69 Å². The number of aliphatic hydroxyl groups is 1. The number of benzene rings is 1. The Morgan fingerprint density at radius 2 is 1.79 bits per heavy atom. The molecule has 0 saturated heterocycles. The first kappa shape index (κ1) is 10.7. The summed E-state index contributed by atoms with van der Waals surface area (Å²) >= 11 is 0. The molecule has 0 radical (unpaired) electrons. The van der Waals surface area contributed by atoms with Crippen molar-refractivity contribution in [3.05, 3.63) is 29.8 Å². The summed E-state index contributed by atoms with van der Waals surface area (Å²) in [5.41, 5.74) is 1.66.